The molecule has 12 heavy (non-hydrogen) atoms. The first-order chi connectivity index (χ1) is 5.63. The van der Waals surface area contributed by atoms with E-state index in [1.165, 1.54) is 12.1 Å². The second kappa shape index (κ2) is 2.44. The summed E-state index contributed by atoms with van der Waals surface area (Å²) in [6, 6.07) is 4.45. The van der Waals surface area contributed by atoms with Gasteiger partial charge in [0, 0.05) is 10.6 Å². The average molecular weight is 187 g/mol. The van der Waals surface area contributed by atoms with Gasteiger partial charge in [-0.05, 0) is 25.0 Å². The van der Waals surface area contributed by atoms with Crippen LogP contribution < -0.4 is 0 Å². The van der Waals surface area contributed by atoms with Gasteiger partial charge in [0.15, 0.2) is 0 Å². The van der Waals surface area contributed by atoms with E-state index < -0.39 is 11.4 Å². The van der Waals surface area contributed by atoms with Gasteiger partial charge in [0.05, 0.1) is 5.60 Å². The third kappa shape index (κ3) is 1.11. The van der Waals surface area contributed by atoms with Crippen molar-refractivity contribution in [1.29, 1.82) is 0 Å². The molecule has 0 amide bonds. The molecule has 1 saturated carbocycles. The normalized spacial score (nSPS) is 19.2. The molecular weight excluding hydrogens is 179 g/mol. The second-order valence-electron chi connectivity index (χ2n) is 3.13. The van der Waals surface area contributed by atoms with Gasteiger partial charge in [-0.2, -0.15) is 0 Å². The van der Waals surface area contributed by atoms with Crippen molar-refractivity contribution >= 4 is 11.6 Å². The molecule has 1 aromatic carbocycles. The zero-order valence-electron chi connectivity index (χ0n) is 6.35. The highest BCUT2D eigenvalue weighted by atomic mass is 35.5. The Morgan fingerprint density at radius 3 is 2.58 bits per heavy atom. The van der Waals surface area contributed by atoms with Crippen LogP contribution in [0.5, 0.6) is 0 Å². The van der Waals surface area contributed by atoms with Crippen LogP contribution in [0.2, 0.25) is 5.02 Å². The van der Waals surface area contributed by atoms with Gasteiger partial charge in [0.2, 0.25) is 0 Å². The Balaban J connectivity index is 2.55. The van der Waals surface area contributed by atoms with E-state index in [4.69, 9.17) is 11.6 Å². The minimum absolute atomic E-state index is 0.256. The lowest BCUT2D eigenvalue weighted by molar-refractivity contribution is 0.147. The van der Waals surface area contributed by atoms with E-state index in [2.05, 4.69) is 0 Å². The molecule has 0 aliphatic heterocycles. The van der Waals surface area contributed by atoms with Gasteiger partial charge >= 0.3 is 0 Å². The van der Waals surface area contributed by atoms with E-state index in [-0.39, 0.29) is 5.56 Å². The first-order valence-electron chi connectivity index (χ1n) is 3.80. The standard InChI is InChI=1S/C9H8ClFO/c10-6-2-1-3-7(11)8(6)9(12)4-5-9/h1-3,12H,4-5H2. The van der Waals surface area contributed by atoms with Crippen molar-refractivity contribution < 1.29 is 9.50 Å². The summed E-state index contributed by atoms with van der Waals surface area (Å²) in [7, 11) is 0. The monoisotopic (exact) mass is 186 g/mol. The number of benzene rings is 1. The Kier molecular flexibility index (Phi) is 1.63. The Labute approximate surface area is 74.8 Å². The molecule has 1 nitrogen and oxygen atoms in total. The minimum atomic E-state index is -0.984. The van der Waals surface area contributed by atoms with E-state index in [1.54, 1.807) is 6.07 Å². The van der Waals surface area contributed by atoms with Gasteiger partial charge in [0.25, 0.3) is 0 Å². The van der Waals surface area contributed by atoms with Crippen molar-refractivity contribution in [1.82, 2.24) is 0 Å². The molecule has 0 bridgehead atoms. The number of rotatable bonds is 1. The van der Waals surface area contributed by atoms with Gasteiger partial charge in [0.1, 0.15) is 5.82 Å². The average Bonchev–Trinajstić information content (AvgIpc) is 2.68. The van der Waals surface area contributed by atoms with Gasteiger partial charge in [-0.15, -0.1) is 0 Å². The van der Waals surface area contributed by atoms with Gasteiger partial charge in [-0.25, -0.2) is 4.39 Å². The van der Waals surface area contributed by atoms with Crippen molar-refractivity contribution in [3.8, 4) is 0 Å². The molecular formula is C9H8ClFO. The van der Waals surface area contributed by atoms with Crippen LogP contribution in [0, 0.1) is 5.82 Å². The zero-order chi connectivity index (χ0) is 8.77. The Hall–Kier alpha value is -0.600. The molecule has 3 heteroatoms. The van der Waals surface area contributed by atoms with Crippen molar-refractivity contribution in [3.63, 3.8) is 0 Å². The molecule has 64 valence electrons. The fraction of sp³-hybridized carbons (Fsp3) is 0.333. The third-order valence-electron chi connectivity index (χ3n) is 2.15. The smallest absolute Gasteiger partial charge is 0.130 e. The number of hydrogen-bond acceptors (Lipinski definition) is 1. The molecule has 1 aliphatic rings. The summed E-state index contributed by atoms with van der Waals surface area (Å²) in [5, 5.41) is 9.95. The third-order valence-corrected chi connectivity index (χ3v) is 2.47. The van der Waals surface area contributed by atoms with Crippen LogP contribution >= 0.6 is 11.6 Å². The topological polar surface area (TPSA) is 20.2 Å². The Morgan fingerprint density at radius 1 is 1.42 bits per heavy atom. The predicted molar refractivity (Wildman–Crippen MR) is 44.5 cm³/mol. The van der Waals surface area contributed by atoms with Gasteiger partial charge in [-0.3, -0.25) is 0 Å². The minimum Gasteiger partial charge on any atom is -0.385 e. The van der Waals surface area contributed by atoms with Crippen molar-refractivity contribution in [2.75, 3.05) is 0 Å². The predicted octanol–water partition coefficient (Wildman–Crippen LogP) is 2.46. The van der Waals surface area contributed by atoms with Crippen LogP contribution in [0.15, 0.2) is 18.2 Å². The van der Waals surface area contributed by atoms with Crippen LogP contribution in [0.3, 0.4) is 0 Å². The summed E-state index contributed by atoms with van der Waals surface area (Å²) in [5.74, 6) is -0.414. The molecule has 0 aromatic heterocycles. The second-order valence-corrected chi connectivity index (χ2v) is 3.54. The summed E-state index contributed by atoms with van der Waals surface area (Å²) in [5.41, 5.74) is -0.728. The van der Waals surface area contributed by atoms with E-state index in [0.717, 1.165) is 0 Å². The maximum atomic E-state index is 13.1. The Bertz CT molecular complexity index is 300. The molecule has 1 N–H and O–H groups in total. The van der Waals surface area contributed by atoms with E-state index in [1.807, 2.05) is 0 Å². The number of halogens is 2. The van der Waals surface area contributed by atoms with Crippen molar-refractivity contribution in [2.45, 2.75) is 18.4 Å². The molecule has 1 fully saturated rings. The van der Waals surface area contributed by atoms with Gasteiger partial charge < -0.3 is 5.11 Å². The largest absolute Gasteiger partial charge is 0.385 e. The van der Waals surface area contributed by atoms with Gasteiger partial charge in [-0.1, -0.05) is 17.7 Å². The summed E-state index contributed by atoms with van der Waals surface area (Å²) >= 11 is 5.75. The Morgan fingerprint density at radius 2 is 2.08 bits per heavy atom. The lowest BCUT2D eigenvalue weighted by Crippen LogP contribution is -2.07. The van der Waals surface area contributed by atoms with Crippen LogP contribution in [0.4, 0.5) is 4.39 Å². The molecule has 1 aromatic rings. The lowest BCUT2D eigenvalue weighted by atomic mass is 10.1. The van der Waals surface area contributed by atoms with Crippen molar-refractivity contribution in [2.24, 2.45) is 0 Å². The summed E-state index contributed by atoms with van der Waals surface area (Å²) < 4.78 is 13.1. The summed E-state index contributed by atoms with van der Waals surface area (Å²) in [4.78, 5) is 0. The molecule has 0 heterocycles. The SMILES string of the molecule is OC1(c2c(F)cccc2Cl)CC1. The fourth-order valence-electron chi connectivity index (χ4n) is 1.31. The first kappa shape index (κ1) is 8.02. The highest BCUT2D eigenvalue weighted by Crippen LogP contribution is 2.48. The van der Waals surface area contributed by atoms with Crippen molar-refractivity contribution in [3.05, 3.63) is 34.6 Å². The molecule has 0 radical (unpaired) electrons. The number of aliphatic hydroxyl groups is 1. The maximum absolute atomic E-state index is 13.1. The van der Waals surface area contributed by atoms with Crippen LogP contribution in [0.25, 0.3) is 0 Å². The van der Waals surface area contributed by atoms with E-state index in [9.17, 15) is 9.50 Å². The summed E-state index contributed by atoms with van der Waals surface area (Å²) in [6.45, 7) is 0. The molecule has 0 atom stereocenters. The lowest BCUT2D eigenvalue weighted by Gasteiger charge is -2.10. The van der Waals surface area contributed by atoms with Crippen LogP contribution in [0.1, 0.15) is 18.4 Å². The fourth-order valence-corrected chi connectivity index (χ4v) is 1.65. The summed E-state index contributed by atoms with van der Waals surface area (Å²) in [6.07, 6.45) is 1.21. The molecule has 0 saturated heterocycles. The molecule has 0 spiro atoms. The maximum Gasteiger partial charge on any atom is 0.130 e. The molecule has 1 aliphatic carbocycles. The van der Waals surface area contributed by atoms with E-state index in [0.29, 0.717) is 17.9 Å². The van der Waals surface area contributed by atoms with E-state index >= 15 is 0 Å². The zero-order valence-corrected chi connectivity index (χ0v) is 7.11. The first-order valence-corrected chi connectivity index (χ1v) is 4.18. The van der Waals surface area contributed by atoms with Crippen LogP contribution in [-0.4, -0.2) is 5.11 Å². The highest BCUT2D eigenvalue weighted by Gasteiger charge is 2.45. The van der Waals surface area contributed by atoms with Crippen LogP contribution in [-0.2, 0) is 5.60 Å². The molecule has 2 rings (SSSR count). The number of hydrogen-bond donors (Lipinski definition) is 1. The highest BCUT2D eigenvalue weighted by molar-refractivity contribution is 6.31. The quantitative estimate of drug-likeness (QED) is 0.715. The molecule has 0 unspecified atom stereocenters.